The Morgan fingerprint density at radius 3 is 2.15 bits per heavy atom. The minimum absolute atomic E-state index is 0.0696. The summed E-state index contributed by atoms with van der Waals surface area (Å²) >= 11 is 0. The maximum absolute atomic E-state index is 12.1. The molecule has 1 aromatic heterocycles. The van der Waals surface area contributed by atoms with Crippen molar-refractivity contribution in [3.63, 3.8) is 0 Å². The zero-order chi connectivity index (χ0) is 14.6. The molecule has 2 aromatic rings. The van der Waals surface area contributed by atoms with Crippen LogP contribution < -0.4 is 4.72 Å². The highest BCUT2D eigenvalue weighted by Crippen LogP contribution is 2.20. The van der Waals surface area contributed by atoms with Gasteiger partial charge in [-0.05, 0) is 48.7 Å². The summed E-state index contributed by atoms with van der Waals surface area (Å²) in [5.74, 6) is 0. The fraction of sp³-hybridized carbons (Fsp3) is 0.267. The summed E-state index contributed by atoms with van der Waals surface area (Å²) in [5, 5.41) is 0. The van der Waals surface area contributed by atoms with Crippen molar-refractivity contribution in [1.29, 1.82) is 0 Å². The molecule has 0 aliphatic heterocycles. The standard InChI is InChI=1S/C15H18N2O2S/c1-3-12(2)17-20(18,19)15-6-4-13(5-7-15)14-8-10-16-11-9-14/h4-12,17H,3H2,1-2H3. The number of benzene rings is 1. The summed E-state index contributed by atoms with van der Waals surface area (Å²) in [5.41, 5.74) is 1.98. The van der Waals surface area contributed by atoms with Crippen molar-refractivity contribution in [1.82, 2.24) is 9.71 Å². The van der Waals surface area contributed by atoms with Gasteiger partial charge in [0.1, 0.15) is 0 Å². The molecule has 0 aliphatic rings. The van der Waals surface area contributed by atoms with Crippen LogP contribution in [-0.2, 0) is 10.0 Å². The van der Waals surface area contributed by atoms with Gasteiger partial charge in [0.15, 0.2) is 0 Å². The number of hydrogen-bond acceptors (Lipinski definition) is 3. The topological polar surface area (TPSA) is 59.1 Å². The first-order chi connectivity index (χ1) is 9.53. The summed E-state index contributed by atoms with van der Waals surface area (Å²) < 4.78 is 26.9. The molecule has 1 heterocycles. The van der Waals surface area contributed by atoms with Gasteiger partial charge in [0, 0.05) is 18.4 Å². The number of sulfonamides is 1. The first-order valence-electron chi connectivity index (χ1n) is 6.55. The van der Waals surface area contributed by atoms with Gasteiger partial charge in [-0.1, -0.05) is 19.1 Å². The third-order valence-electron chi connectivity index (χ3n) is 3.15. The smallest absolute Gasteiger partial charge is 0.240 e. The van der Waals surface area contributed by atoms with Gasteiger partial charge < -0.3 is 0 Å². The minimum Gasteiger partial charge on any atom is -0.265 e. The molecule has 0 spiro atoms. The Morgan fingerprint density at radius 1 is 1.05 bits per heavy atom. The van der Waals surface area contributed by atoms with Crippen molar-refractivity contribution < 1.29 is 8.42 Å². The Labute approximate surface area is 119 Å². The molecule has 5 heteroatoms. The molecule has 0 saturated heterocycles. The summed E-state index contributed by atoms with van der Waals surface area (Å²) in [6, 6.07) is 10.6. The van der Waals surface area contributed by atoms with Gasteiger partial charge in [-0.15, -0.1) is 0 Å². The fourth-order valence-electron chi connectivity index (χ4n) is 1.79. The number of nitrogens with one attached hydrogen (secondary N) is 1. The molecular formula is C15H18N2O2S. The molecule has 0 fully saturated rings. The van der Waals surface area contributed by atoms with E-state index in [0.717, 1.165) is 17.5 Å². The zero-order valence-corrected chi connectivity index (χ0v) is 12.4. The summed E-state index contributed by atoms with van der Waals surface area (Å²) in [6.45, 7) is 3.79. The number of hydrogen-bond donors (Lipinski definition) is 1. The molecule has 0 bridgehead atoms. The second-order valence-corrected chi connectivity index (χ2v) is 6.40. The first-order valence-corrected chi connectivity index (χ1v) is 8.04. The number of nitrogens with zero attached hydrogens (tertiary/aromatic N) is 1. The monoisotopic (exact) mass is 290 g/mol. The van der Waals surface area contributed by atoms with Gasteiger partial charge in [-0.3, -0.25) is 4.98 Å². The highest BCUT2D eigenvalue weighted by atomic mass is 32.2. The van der Waals surface area contributed by atoms with Gasteiger partial charge >= 0.3 is 0 Å². The summed E-state index contributed by atoms with van der Waals surface area (Å²) in [7, 11) is -3.43. The Hall–Kier alpha value is -1.72. The largest absolute Gasteiger partial charge is 0.265 e. The first kappa shape index (κ1) is 14.7. The van der Waals surface area contributed by atoms with Gasteiger partial charge in [0.25, 0.3) is 0 Å². The van der Waals surface area contributed by atoms with Gasteiger partial charge in [0.05, 0.1) is 4.90 Å². The van der Waals surface area contributed by atoms with E-state index in [2.05, 4.69) is 9.71 Å². The van der Waals surface area contributed by atoms with E-state index in [9.17, 15) is 8.42 Å². The predicted molar refractivity (Wildman–Crippen MR) is 79.7 cm³/mol. The third kappa shape index (κ3) is 3.43. The number of aromatic nitrogens is 1. The molecule has 1 atom stereocenters. The molecule has 2 rings (SSSR count). The van der Waals surface area contributed by atoms with E-state index < -0.39 is 10.0 Å². The summed E-state index contributed by atoms with van der Waals surface area (Å²) in [6.07, 6.45) is 4.18. The van der Waals surface area contributed by atoms with Crippen molar-refractivity contribution in [3.05, 3.63) is 48.8 Å². The van der Waals surface area contributed by atoms with E-state index in [4.69, 9.17) is 0 Å². The fourth-order valence-corrected chi connectivity index (χ4v) is 3.11. The van der Waals surface area contributed by atoms with Crippen LogP contribution >= 0.6 is 0 Å². The Balaban J connectivity index is 2.25. The molecule has 1 N–H and O–H groups in total. The Kier molecular flexibility index (Phi) is 4.52. The molecule has 20 heavy (non-hydrogen) atoms. The minimum atomic E-state index is -3.43. The van der Waals surface area contributed by atoms with Crippen molar-refractivity contribution in [2.75, 3.05) is 0 Å². The zero-order valence-electron chi connectivity index (χ0n) is 11.6. The highest BCUT2D eigenvalue weighted by molar-refractivity contribution is 7.89. The second-order valence-electron chi connectivity index (χ2n) is 4.69. The van der Waals surface area contributed by atoms with E-state index in [1.807, 2.05) is 26.0 Å². The molecule has 1 unspecified atom stereocenters. The highest BCUT2D eigenvalue weighted by Gasteiger charge is 2.16. The molecule has 106 valence electrons. The lowest BCUT2D eigenvalue weighted by Crippen LogP contribution is -2.31. The van der Waals surface area contributed by atoms with Gasteiger partial charge in [-0.2, -0.15) is 0 Å². The van der Waals surface area contributed by atoms with Crippen molar-refractivity contribution in [2.45, 2.75) is 31.2 Å². The quantitative estimate of drug-likeness (QED) is 0.921. The summed E-state index contributed by atoms with van der Waals surface area (Å²) in [4.78, 5) is 4.25. The van der Waals surface area contributed by atoms with E-state index in [1.54, 1.807) is 36.7 Å². The lowest BCUT2D eigenvalue weighted by atomic mass is 10.1. The van der Waals surface area contributed by atoms with Crippen LogP contribution in [0.3, 0.4) is 0 Å². The van der Waals surface area contributed by atoms with E-state index in [1.165, 1.54) is 0 Å². The molecule has 0 aliphatic carbocycles. The van der Waals surface area contributed by atoms with E-state index in [0.29, 0.717) is 0 Å². The average Bonchev–Trinajstić information content (AvgIpc) is 2.48. The van der Waals surface area contributed by atoms with Crippen LogP contribution in [0.5, 0.6) is 0 Å². The van der Waals surface area contributed by atoms with Crippen LogP contribution in [0.4, 0.5) is 0 Å². The molecular weight excluding hydrogens is 272 g/mol. The van der Waals surface area contributed by atoms with Crippen LogP contribution in [0.2, 0.25) is 0 Å². The van der Waals surface area contributed by atoms with E-state index >= 15 is 0 Å². The second kappa shape index (κ2) is 6.15. The van der Waals surface area contributed by atoms with Crippen LogP contribution in [-0.4, -0.2) is 19.4 Å². The number of pyridine rings is 1. The molecule has 4 nitrogen and oxygen atoms in total. The predicted octanol–water partition coefficient (Wildman–Crippen LogP) is 2.83. The molecule has 0 saturated carbocycles. The van der Waals surface area contributed by atoms with Crippen LogP contribution in [0.1, 0.15) is 20.3 Å². The lowest BCUT2D eigenvalue weighted by Gasteiger charge is -2.12. The lowest BCUT2D eigenvalue weighted by molar-refractivity contribution is 0.556. The SMILES string of the molecule is CCC(C)NS(=O)(=O)c1ccc(-c2ccncc2)cc1. The average molecular weight is 290 g/mol. The van der Waals surface area contributed by atoms with Crippen LogP contribution in [0.15, 0.2) is 53.7 Å². The third-order valence-corrected chi connectivity index (χ3v) is 4.75. The molecule has 0 radical (unpaired) electrons. The van der Waals surface area contributed by atoms with Gasteiger partial charge in [0.2, 0.25) is 10.0 Å². The maximum Gasteiger partial charge on any atom is 0.240 e. The Bertz CT molecular complexity index is 652. The Morgan fingerprint density at radius 2 is 1.60 bits per heavy atom. The molecule has 0 amide bonds. The van der Waals surface area contributed by atoms with Crippen LogP contribution in [0.25, 0.3) is 11.1 Å². The van der Waals surface area contributed by atoms with Crippen LogP contribution in [0, 0.1) is 0 Å². The normalized spacial score (nSPS) is 13.1. The van der Waals surface area contributed by atoms with Gasteiger partial charge in [-0.25, -0.2) is 13.1 Å². The van der Waals surface area contributed by atoms with Crippen molar-refractivity contribution in [2.24, 2.45) is 0 Å². The number of rotatable bonds is 5. The van der Waals surface area contributed by atoms with Crippen molar-refractivity contribution in [3.8, 4) is 11.1 Å². The van der Waals surface area contributed by atoms with Crippen molar-refractivity contribution >= 4 is 10.0 Å². The van der Waals surface area contributed by atoms with E-state index in [-0.39, 0.29) is 10.9 Å². The molecule has 1 aromatic carbocycles. The maximum atomic E-state index is 12.1.